The second-order valence-electron chi connectivity index (χ2n) is 3.93. The number of carboxylic acids is 1. The van der Waals surface area contributed by atoms with E-state index in [4.69, 9.17) is 5.11 Å². The maximum atomic E-state index is 13.5. The molecule has 1 fully saturated rings. The lowest BCUT2D eigenvalue weighted by Crippen LogP contribution is -2.27. The van der Waals surface area contributed by atoms with Crippen molar-refractivity contribution in [2.75, 3.05) is 6.54 Å². The van der Waals surface area contributed by atoms with Crippen LogP contribution in [0.15, 0.2) is 12.1 Å². The molecule has 4 nitrogen and oxygen atoms in total. The van der Waals surface area contributed by atoms with Gasteiger partial charge in [-0.2, -0.15) is 0 Å². The topological polar surface area (TPSA) is 66.4 Å². The molecule has 1 saturated heterocycles. The smallest absolute Gasteiger partial charge is 0.316 e. The van der Waals surface area contributed by atoms with Gasteiger partial charge in [0.25, 0.3) is 0 Å². The van der Waals surface area contributed by atoms with Crippen LogP contribution in [-0.2, 0) is 9.59 Å². The highest BCUT2D eigenvalue weighted by Crippen LogP contribution is 2.32. The Labute approximate surface area is 99.4 Å². The van der Waals surface area contributed by atoms with Gasteiger partial charge in [-0.1, -0.05) is 6.07 Å². The SMILES string of the molecule is O=C(O)C1C(=O)NC[C@H]1c1ccc(F)c(F)c1F. The van der Waals surface area contributed by atoms with Crippen molar-refractivity contribution in [3.8, 4) is 0 Å². The van der Waals surface area contributed by atoms with Crippen LogP contribution < -0.4 is 5.32 Å². The van der Waals surface area contributed by atoms with Crippen LogP contribution in [0.2, 0.25) is 0 Å². The molecule has 7 heteroatoms. The lowest BCUT2D eigenvalue weighted by molar-refractivity contribution is -0.145. The van der Waals surface area contributed by atoms with Gasteiger partial charge < -0.3 is 10.4 Å². The summed E-state index contributed by atoms with van der Waals surface area (Å²) >= 11 is 0. The first-order valence-electron chi connectivity index (χ1n) is 5.07. The van der Waals surface area contributed by atoms with Crippen LogP contribution in [0.25, 0.3) is 0 Å². The van der Waals surface area contributed by atoms with Crippen LogP contribution in [0.3, 0.4) is 0 Å². The molecule has 18 heavy (non-hydrogen) atoms. The van der Waals surface area contributed by atoms with E-state index in [-0.39, 0.29) is 12.1 Å². The fourth-order valence-electron chi connectivity index (χ4n) is 2.02. The Morgan fingerprint density at radius 2 is 1.94 bits per heavy atom. The number of amides is 1. The highest BCUT2D eigenvalue weighted by molar-refractivity contribution is 5.99. The van der Waals surface area contributed by atoms with Gasteiger partial charge in [-0.3, -0.25) is 9.59 Å². The third-order valence-corrected chi connectivity index (χ3v) is 2.91. The highest BCUT2D eigenvalue weighted by Gasteiger charge is 2.42. The molecule has 1 aromatic rings. The molecule has 96 valence electrons. The molecule has 0 aromatic heterocycles. The zero-order chi connectivity index (χ0) is 13.4. The second kappa shape index (κ2) is 4.32. The van der Waals surface area contributed by atoms with Crippen molar-refractivity contribution in [3.05, 3.63) is 35.1 Å². The van der Waals surface area contributed by atoms with E-state index >= 15 is 0 Å². The minimum atomic E-state index is -1.67. The van der Waals surface area contributed by atoms with Crippen molar-refractivity contribution in [1.29, 1.82) is 0 Å². The third kappa shape index (κ3) is 1.81. The zero-order valence-electron chi connectivity index (χ0n) is 8.91. The first-order chi connectivity index (χ1) is 8.43. The molecular weight excluding hydrogens is 251 g/mol. The van der Waals surface area contributed by atoms with Crippen molar-refractivity contribution in [2.24, 2.45) is 5.92 Å². The summed E-state index contributed by atoms with van der Waals surface area (Å²) in [5.74, 6) is -9.23. The molecule has 1 unspecified atom stereocenters. The van der Waals surface area contributed by atoms with E-state index in [2.05, 4.69) is 5.32 Å². The monoisotopic (exact) mass is 259 g/mol. The maximum absolute atomic E-state index is 13.5. The van der Waals surface area contributed by atoms with Gasteiger partial charge in [-0.15, -0.1) is 0 Å². The number of carboxylic acid groups (broad SMARTS) is 1. The summed E-state index contributed by atoms with van der Waals surface area (Å²) in [5.41, 5.74) is -0.320. The number of carbonyl (C=O) groups excluding carboxylic acids is 1. The molecule has 2 rings (SSSR count). The van der Waals surface area contributed by atoms with Crippen LogP contribution in [0, 0.1) is 23.4 Å². The molecule has 0 radical (unpaired) electrons. The minimum Gasteiger partial charge on any atom is -0.481 e. The Balaban J connectivity index is 2.46. The number of hydrogen-bond donors (Lipinski definition) is 2. The number of halogens is 3. The molecule has 2 atom stereocenters. The molecule has 1 aliphatic rings. The Kier molecular flexibility index (Phi) is 2.98. The summed E-state index contributed by atoms with van der Waals surface area (Å²) in [7, 11) is 0. The van der Waals surface area contributed by atoms with Crippen molar-refractivity contribution < 1.29 is 27.9 Å². The molecule has 2 N–H and O–H groups in total. The Morgan fingerprint density at radius 1 is 1.28 bits per heavy atom. The summed E-state index contributed by atoms with van der Waals surface area (Å²) in [6, 6.07) is 1.66. The van der Waals surface area contributed by atoms with E-state index in [9.17, 15) is 22.8 Å². The lowest BCUT2D eigenvalue weighted by Gasteiger charge is -2.14. The van der Waals surface area contributed by atoms with Gasteiger partial charge in [-0.25, -0.2) is 13.2 Å². The fraction of sp³-hybridized carbons (Fsp3) is 0.273. The first kappa shape index (κ1) is 12.4. The third-order valence-electron chi connectivity index (χ3n) is 2.91. The molecule has 0 aliphatic carbocycles. The van der Waals surface area contributed by atoms with E-state index in [0.717, 1.165) is 6.07 Å². The van der Waals surface area contributed by atoms with Crippen LogP contribution >= 0.6 is 0 Å². The van der Waals surface area contributed by atoms with E-state index < -0.39 is 41.2 Å². The quantitative estimate of drug-likeness (QED) is 0.615. The van der Waals surface area contributed by atoms with Crippen molar-refractivity contribution in [2.45, 2.75) is 5.92 Å². The van der Waals surface area contributed by atoms with Gasteiger partial charge in [0.05, 0.1) is 0 Å². The van der Waals surface area contributed by atoms with E-state index in [1.165, 1.54) is 0 Å². The van der Waals surface area contributed by atoms with Crippen LogP contribution in [0.4, 0.5) is 13.2 Å². The zero-order valence-corrected chi connectivity index (χ0v) is 8.91. The summed E-state index contributed by atoms with van der Waals surface area (Å²) in [5, 5.41) is 11.1. The second-order valence-corrected chi connectivity index (χ2v) is 3.93. The summed E-state index contributed by atoms with van der Waals surface area (Å²) < 4.78 is 39.4. The van der Waals surface area contributed by atoms with Gasteiger partial charge >= 0.3 is 5.97 Å². The van der Waals surface area contributed by atoms with Crippen molar-refractivity contribution in [3.63, 3.8) is 0 Å². The Bertz CT molecular complexity index is 533. The van der Waals surface area contributed by atoms with Crippen molar-refractivity contribution >= 4 is 11.9 Å². The largest absolute Gasteiger partial charge is 0.481 e. The average Bonchev–Trinajstić information content (AvgIpc) is 2.68. The summed E-state index contributed by atoms with van der Waals surface area (Å²) in [6.45, 7) is -0.127. The van der Waals surface area contributed by atoms with E-state index in [0.29, 0.717) is 6.07 Å². The number of nitrogens with one attached hydrogen (secondary N) is 1. The summed E-state index contributed by atoms with van der Waals surface area (Å²) in [4.78, 5) is 22.2. The standard InChI is InChI=1S/C11H8F3NO3/c12-6-2-1-4(8(13)9(6)14)5-3-15-10(16)7(5)11(17)18/h1-2,5,7H,3H2,(H,15,16)(H,17,18)/t5-,7?/m0/s1. The predicted octanol–water partition coefficient (Wildman–Crippen LogP) is 1.02. The van der Waals surface area contributed by atoms with E-state index in [1.807, 2.05) is 0 Å². The average molecular weight is 259 g/mol. The predicted molar refractivity (Wildman–Crippen MR) is 53.2 cm³/mol. The minimum absolute atomic E-state index is 0.127. The van der Waals surface area contributed by atoms with E-state index in [1.54, 1.807) is 0 Å². The first-order valence-corrected chi connectivity index (χ1v) is 5.07. The Hall–Kier alpha value is -2.05. The number of aliphatic carboxylic acids is 1. The van der Waals surface area contributed by atoms with Gasteiger partial charge in [-0.05, 0) is 11.6 Å². The normalized spacial score (nSPS) is 22.9. The van der Waals surface area contributed by atoms with Crippen LogP contribution in [-0.4, -0.2) is 23.5 Å². The lowest BCUT2D eigenvalue weighted by atomic mass is 9.88. The highest BCUT2D eigenvalue weighted by atomic mass is 19.2. The number of rotatable bonds is 2. The van der Waals surface area contributed by atoms with Gasteiger partial charge in [0.1, 0.15) is 5.92 Å². The van der Waals surface area contributed by atoms with Crippen LogP contribution in [0.1, 0.15) is 11.5 Å². The summed E-state index contributed by atoms with van der Waals surface area (Å²) in [6.07, 6.45) is 0. The fourth-order valence-corrected chi connectivity index (χ4v) is 2.02. The molecule has 0 spiro atoms. The maximum Gasteiger partial charge on any atom is 0.316 e. The van der Waals surface area contributed by atoms with Gasteiger partial charge in [0, 0.05) is 12.5 Å². The Morgan fingerprint density at radius 3 is 2.56 bits per heavy atom. The van der Waals surface area contributed by atoms with Gasteiger partial charge in [0.2, 0.25) is 5.91 Å². The molecule has 1 aliphatic heterocycles. The number of benzene rings is 1. The molecule has 1 amide bonds. The molecule has 1 aromatic carbocycles. The van der Waals surface area contributed by atoms with Crippen molar-refractivity contribution in [1.82, 2.24) is 5.32 Å². The molecule has 0 saturated carbocycles. The molecule has 0 bridgehead atoms. The van der Waals surface area contributed by atoms with Crippen LogP contribution in [0.5, 0.6) is 0 Å². The van der Waals surface area contributed by atoms with Gasteiger partial charge in [0.15, 0.2) is 17.5 Å². The number of carbonyl (C=O) groups is 2. The molecular formula is C11H8F3NO3. The number of hydrogen-bond acceptors (Lipinski definition) is 2. The molecule has 1 heterocycles.